The number of aliphatic hydroxyl groups is 2. The third-order valence-electron chi connectivity index (χ3n) is 15.6. The lowest BCUT2D eigenvalue weighted by atomic mass is 9.41. The van der Waals surface area contributed by atoms with E-state index in [0.717, 1.165) is 45.1 Å². The molecule has 7 heteroatoms. The minimum atomic E-state index is -1.23. The van der Waals surface area contributed by atoms with Crippen molar-refractivity contribution in [1.82, 2.24) is 4.90 Å². The molecule has 7 fully saturated rings. The van der Waals surface area contributed by atoms with E-state index in [1.54, 1.807) is 13.8 Å². The second kappa shape index (κ2) is 9.65. The van der Waals surface area contributed by atoms with E-state index in [9.17, 15) is 15.0 Å². The molecule has 13 atom stereocenters. The molecule has 7 nitrogen and oxygen atoms in total. The van der Waals surface area contributed by atoms with Gasteiger partial charge in [-0.3, -0.25) is 9.69 Å². The summed E-state index contributed by atoms with van der Waals surface area (Å²) in [5, 5.41) is 23.5. The van der Waals surface area contributed by atoms with Gasteiger partial charge in [0.05, 0.1) is 37.1 Å². The maximum Gasteiger partial charge on any atom is 0.303 e. The second-order valence-electron chi connectivity index (χ2n) is 17.9. The van der Waals surface area contributed by atoms with Crippen molar-refractivity contribution in [2.75, 3.05) is 26.3 Å². The highest BCUT2D eigenvalue weighted by atomic mass is 16.6. The van der Waals surface area contributed by atoms with Crippen LogP contribution in [-0.2, 0) is 19.0 Å². The number of rotatable bonds is 4. The van der Waals surface area contributed by atoms with E-state index in [-0.39, 0.29) is 28.3 Å². The number of fused-ring (bicyclic) bond motifs is 4. The van der Waals surface area contributed by atoms with Crippen LogP contribution in [0.15, 0.2) is 0 Å². The Morgan fingerprint density at radius 3 is 2.30 bits per heavy atom. The standard InChI is InChI=1S/C36H59NO6/c1-21-19-23(30(32(5,6)40)42-22(2)38)43-28-27(21)33(7)13-14-36-20-35(36)12-11-26(37-15-17-41-18-16-37)31(3,4)24(35)9-10-25(36)34(33,8)29(28)39/h21,23-30,39-40H,9-20H2,1-8H3/t21-,23-,24+,25+,26-,27?,28?,29+,30+,33-,34-,35-,36+/m1/s1. The number of carbonyl (C=O) groups excluding carboxylic acids is 1. The van der Waals surface area contributed by atoms with E-state index in [2.05, 4.69) is 39.5 Å². The molecule has 2 spiro atoms. The molecule has 0 amide bonds. The molecule has 0 bridgehead atoms. The van der Waals surface area contributed by atoms with Crippen molar-refractivity contribution in [3.8, 4) is 0 Å². The highest BCUT2D eigenvalue weighted by Crippen LogP contribution is 2.89. The molecule has 2 heterocycles. The van der Waals surface area contributed by atoms with E-state index < -0.39 is 29.9 Å². The molecule has 0 aromatic rings. The summed E-state index contributed by atoms with van der Waals surface area (Å²) >= 11 is 0. The molecule has 244 valence electrons. The van der Waals surface area contributed by atoms with Gasteiger partial charge in [-0.25, -0.2) is 0 Å². The summed E-state index contributed by atoms with van der Waals surface area (Å²) in [6.07, 6.45) is 7.51. The molecule has 7 aliphatic rings. The number of morpholine rings is 1. The van der Waals surface area contributed by atoms with Crippen molar-refractivity contribution in [2.45, 2.75) is 143 Å². The molecule has 2 unspecified atom stereocenters. The first-order valence-electron chi connectivity index (χ1n) is 17.6. The number of carbonyl (C=O) groups is 1. The van der Waals surface area contributed by atoms with Crippen molar-refractivity contribution in [1.29, 1.82) is 0 Å². The molecule has 2 saturated heterocycles. The number of nitrogens with zero attached hydrogens (tertiary/aromatic N) is 1. The summed E-state index contributed by atoms with van der Waals surface area (Å²) in [7, 11) is 0. The fourth-order valence-electron chi connectivity index (χ4n) is 13.9. The van der Waals surface area contributed by atoms with Gasteiger partial charge in [0.2, 0.25) is 0 Å². The molecule has 0 radical (unpaired) electrons. The van der Waals surface area contributed by atoms with Crippen LogP contribution < -0.4 is 0 Å². The molecular formula is C36H59NO6. The van der Waals surface area contributed by atoms with Gasteiger partial charge >= 0.3 is 5.97 Å². The Hall–Kier alpha value is -0.730. The second-order valence-corrected chi connectivity index (χ2v) is 17.9. The fourth-order valence-corrected chi connectivity index (χ4v) is 13.9. The SMILES string of the molecule is CC(=O)O[C@@H]([C@H]1C[C@@H](C)C2C(O1)[C@H](O)[C@@]1(C)[C@@H]3CC[C@H]4C(C)(C)[C@H](N5CCOCC5)CC[C@@]45C[C@@]35CC[C@]21C)C(C)(C)O. The van der Waals surface area contributed by atoms with Gasteiger partial charge in [0, 0.05) is 31.5 Å². The van der Waals surface area contributed by atoms with E-state index in [0.29, 0.717) is 28.7 Å². The van der Waals surface area contributed by atoms with Gasteiger partial charge in [-0.05, 0) is 111 Å². The minimum Gasteiger partial charge on any atom is -0.457 e. The van der Waals surface area contributed by atoms with Crippen LogP contribution in [0.5, 0.6) is 0 Å². The summed E-state index contributed by atoms with van der Waals surface area (Å²) in [5.74, 6) is 1.38. The predicted octanol–water partition coefficient (Wildman–Crippen LogP) is 5.20. The molecule has 0 aromatic heterocycles. The summed E-state index contributed by atoms with van der Waals surface area (Å²) in [6, 6.07) is 0.637. The maximum atomic E-state index is 12.5. The molecule has 5 aliphatic carbocycles. The lowest BCUT2D eigenvalue weighted by molar-refractivity contribution is -0.216. The molecule has 7 rings (SSSR count). The van der Waals surface area contributed by atoms with Gasteiger partial charge < -0.3 is 24.4 Å². The van der Waals surface area contributed by atoms with Crippen molar-refractivity contribution < 1.29 is 29.2 Å². The number of esters is 1. The van der Waals surface area contributed by atoms with E-state index >= 15 is 0 Å². The van der Waals surface area contributed by atoms with Gasteiger partial charge in [0.25, 0.3) is 0 Å². The van der Waals surface area contributed by atoms with Crippen molar-refractivity contribution in [3.63, 3.8) is 0 Å². The Bertz CT molecular complexity index is 1130. The molecular weight excluding hydrogens is 542 g/mol. The van der Waals surface area contributed by atoms with E-state index in [4.69, 9.17) is 14.2 Å². The van der Waals surface area contributed by atoms with E-state index in [1.807, 2.05) is 0 Å². The Morgan fingerprint density at radius 1 is 1.00 bits per heavy atom. The maximum absolute atomic E-state index is 12.5. The smallest absolute Gasteiger partial charge is 0.303 e. The fraction of sp³-hybridized carbons (Fsp3) is 0.972. The molecule has 2 N–H and O–H groups in total. The zero-order valence-corrected chi connectivity index (χ0v) is 28.2. The predicted molar refractivity (Wildman–Crippen MR) is 164 cm³/mol. The summed E-state index contributed by atoms with van der Waals surface area (Å²) < 4.78 is 18.3. The molecule has 2 aliphatic heterocycles. The van der Waals surface area contributed by atoms with Crippen LogP contribution >= 0.6 is 0 Å². The molecule has 5 saturated carbocycles. The van der Waals surface area contributed by atoms with Crippen LogP contribution in [0.2, 0.25) is 0 Å². The van der Waals surface area contributed by atoms with Gasteiger partial charge in [-0.1, -0.05) is 34.6 Å². The Balaban J connectivity index is 1.19. The average Bonchev–Trinajstić information content (AvgIpc) is 3.56. The molecule has 0 aromatic carbocycles. The quantitative estimate of drug-likeness (QED) is 0.428. The first-order valence-corrected chi connectivity index (χ1v) is 17.6. The monoisotopic (exact) mass is 601 g/mol. The van der Waals surface area contributed by atoms with Crippen LogP contribution in [0.3, 0.4) is 0 Å². The zero-order chi connectivity index (χ0) is 31.0. The third-order valence-corrected chi connectivity index (χ3v) is 15.6. The Kier molecular flexibility index (Phi) is 6.94. The van der Waals surface area contributed by atoms with Crippen molar-refractivity contribution >= 4 is 5.97 Å². The number of ether oxygens (including phenoxy) is 3. The summed E-state index contributed by atoms with van der Waals surface area (Å²) in [5.41, 5.74) is -0.447. The van der Waals surface area contributed by atoms with Crippen LogP contribution in [0.25, 0.3) is 0 Å². The lowest BCUT2D eigenvalue weighted by Crippen LogP contribution is -2.62. The van der Waals surface area contributed by atoms with Crippen LogP contribution in [-0.4, -0.2) is 83.4 Å². The van der Waals surface area contributed by atoms with E-state index in [1.165, 1.54) is 45.4 Å². The molecule has 43 heavy (non-hydrogen) atoms. The highest BCUT2D eigenvalue weighted by molar-refractivity contribution is 5.66. The van der Waals surface area contributed by atoms with Gasteiger partial charge in [0.1, 0.15) is 0 Å². The highest BCUT2D eigenvalue weighted by Gasteiger charge is 2.84. The summed E-state index contributed by atoms with van der Waals surface area (Å²) in [4.78, 5) is 14.8. The topological polar surface area (TPSA) is 88.5 Å². The Labute approximate surface area is 259 Å². The lowest BCUT2D eigenvalue weighted by Gasteiger charge is -2.64. The third kappa shape index (κ3) is 3.93. The van der Waals surface area contributed by atoms with Crippen molar-refractivity contribution in [3.05, 3.63) is 0 Å². The normalized spacial score (nSPS) is 53.0. The number of hydrogen-bond donors (Lipinski definition) is 2. The van der Waals surface area contributed by atoms with Gasteiger partial charge in [0.15, 0.2) is 6.10 Å². The van der Waals surface area contributed by atoms with Crippen molar-refractivity contribution in [2.24, 2.45) is 50.7 Å². The van der Waals surface area contributed by atoms with Crippen LogP contribution in [0.1, 0.15) is 107 Å². The number of hydrogen-bond acceptors (Lipinski definition) is 7. The number of aliphatic hydroxyl groups excluding tert-OH is 1. The Morgan fingerprint density at radius 2 is 1.65 bits per heavy atom. The summed E-state index contributed by atoms with van der Waals surface area (Å²) in [6.45, 7) is 21.0. The van der Waals surface area contributed by atoms with Gasteiger partial charge in [-0.15, -0.1) is 0 Å². The zero-order valence-electron chi connectivity index (χ0n) is 28.2. The van der Waals surface area contributed by atoms with Crippen LogP contribution in [0.4, 0.5) is 0 Å². The van der Waals surface area contributed by atoms with Gasteiger partial charge in [-0.2, -0.15) is 0 Å². The van der Waals surface area contributed by atoms with Crippen LogP contribution in [0, 0.1) is 50.7 Å². The minimum absolute atomic E-state index is 0.0137. The average molecular weight is 602 g/mol. The first kappa shape index (κ1) is 30.9. The first-order chi connectivity index (χ1) is 20.0. The largest absolute Gasteiger partial charge is 0.457 e.